The van der Waals surface area contributed by atoms with E-state index in [-0.39, 0.29) is 11.7 Å². The van der Waals surface area contributed by atoms with E-state index in [1.807, 2.05) is 0 Å². The maximum atomic E-state index is 10.5. The van der Waals surface area contributed by atoms with E-state index in [2.05, 4.69) is 10.5 Å². The van der Waals surface area contributed by atoms with Crippen LogP contribution in [-0.2, 0) is 4.79 Å². The van der Waals surface area contributed by atoms with Gasteiger partial charge in [0.15, 0.2) is 5.78 Å². The fourth-order valence-corrected chi connectivity index (χ4v) is 0.490. The summed E-state index contributed by atoms with van der Waals surface area (Å²) in [5, 5.41) is 3.48. The van der Waals surface area contributed by atoms with E-state index in [1.165, 1.54) is 13.0 Å². The molecule has 0 bridgehead atoms. The Kier molecular flexibility index (Phi) is 3.72. The highest BCUT2D eigenvalue weighted by atomic mass is 16.1. The molecule has 5 nitrogen and oxygen atoms in total. The maximum Gasteiger partial charge on any atom is 0.208 e. The Balaban J connectivity index is 3.97. The second kappa shape index (κ2) is 4.32. The van der Waals surface area contributed by atoms with Crippen LogP contribution in [0.15, 0.2) is 16.9 Å². The Morgan fingerprint density at radius 1 is 1.45 bits per heavy atom. The van der Waals surface area contributed by atoms with Gasteiger partial charge in [-0.15, -0.1) is 5.10 Å². The zero-order chi connectivity index (χ0) is 8.85. The van der Waals surface area contributed by atoms with E-state index in [4.69, 9.17) is 11.5 Å². The van der Waals surface area contributed by atoms with Gasteiger partial charge in [-0.3, -0.25) is 10.2 Å². The highest BCUT2D eigenvalue weighted by Gasteiger charge is 1.88. The second-order valence-electron chi connectivity index (χ2n) is 2.09. The van der Waals surface area contributed by atoms with Gasteiger partial charge in [0.05, 0.1) is 0 Å². The largest absolute Gasteiger partial charge is 0.369 e. The molecule has 0 aliphatic carbocycles. The van der Waals surface area contributed by atoms with Crippen LogP contribution in [0.3, 0.4) is 0 Å². The van der Waals surface area contributed by atoms with Crippen molar-refractivity contribution in [3.05, 3.63) is 11.8 Å². The third kappa shape index (κ3) is 6.36. The summed E-state index contributed by atoms with van der Waals surface area (Å²) in [6.07, 6.45) is 1.40. The van der Waals surface area contributed by atoms with Crippen LogP contribution < -0.4 is 16.9 Å². The first-order valence-electron chi connectivity index (χ1n) is 3.06. The molecule has 0 aromatic heterocycles. The standard InChI is InChI=1S/C6H12N4O/c1-4(3-5(2)11)9-10-6(7)8/h3,9H,1-2H3,(H4,7,8,10)/b4-3-. The number of nitrogens with zero attached hydrogens (tertiary/aromatic N) is 1. The average molecular weight is 156 g/mol. The summed E-state index contributed by atoms with van der Waals surface area (Å²) in [5.41, 5.74) is 13.1. The Morgan fingerprint density at radius 2 is 2.00 bits per heavy atom. The molecule has 5 heteroatoms. The van der Waals surface area contributed by atoms with Gasteiger partial charge in [-0.2, -0.15) is 0 Å². The van der Waals surface area contributed by atoms with Gasteiger partial charge >= 0.3 is 0 Å². The van der Waals surface area contributed by atoms with Gasteiger partial charge in [0, 0.05) is 11.8 Å². The normalized spacial score (nSPS) is 10.5. The van der Waals surface area contributed by atoms with E-state index in [9.17, 15) is 4.79 Å². The molecule has 0 atom stereocenters. The Bertz CT molecular complexity index is 203. The number of nitrogens with two attached hydrogens (primary N) is 2. The number of rotatable bonds is 3. The van der Waals surface area contributed by atoms with E-state index in [1.54, 1.807) is 6.92 Å². The monoisotopic (exact) mass is 156 g/mol. The summed E-state index contributed by atoms with van der Waals surface area (Å²) in [4.78, 5) is 10.5. The molecule has 5 N–H and O–H groups in total. The van der Waals surface area contributed by atoms with Crippen molar-refractivity contribution in [2.24, 2.45) is 16.6 Å². The molecule has 0 radical (unpaired) electrons. The highest BCUT2D eigenvalue weighted by molar-refractivity contribution is 5.87. The van der Waals surface area contributed by atoms with Crippen LogP contribution in [0.1, 0.15) is 13.8 Å². The number of carbonyl (C=O) groups is 1. The lowest BCUT2D eigenvalue weighted by molar-refractivity contribution is -0.112. The molecular weight excluding hydrogens is 144 g/mol. The molecule has 11 heavy (non-hydrogen) atoms. The zero-order valence-corrected chi connectivity index (χ0v) is 6.59. The van der Waals surface area contributed by atoms with Gasteiger partial charge in [-0.05, 0) is 13.8 Å². The van der Waals surface area contributed by atoms with Crippen LogP contribution in [-0.4, -0.2) is 11.7 Å². The molecule has 0 aromatic rings. The number of carbonyl (C=O) groups excluding carboxylic acids is 1. The smallest absolute Gasteiger partial charge is 0.208 e. The first-order chi connectivity index (χ1) is 5.02. The lowest BCUT2D eigenvalue weighted by Gasteiger charge is -1.97. The van der Waals surface area contributed by atoms with Gasteiger partial charge in [0.1, 0.15) is 0 Å². The quantitative estimate of drug-likeness (QED) is 0.217. The minimum absolute atomic E-state index is 0.0548. The molecule has 0 amide bonds. The van der Waals surface area contributed by atoms with Crippen molar-refractivity contribution in [2.75, 3.05) is 0 Å². The van der Waals surface area contributed by atoms with E-state index in [0.29, 0.717) is 5.70 Å². The Hall–Kier alpha value is -1.52. The lowest BCUT2D eigenvalue weighted by atomic mass is 10.3. The van der Waals surface area contributed by atoms with E-state index >= 15 is 0 Å². The molecule has 0 aliphatic heterocycles. The summed E-state index contributed by atoms with van der Waals surface area (Å²) in [6.45, 7) is 3.13. The highest BCUT2D eigenvalue weighted by Crippen LogP contribution is 1.85. The third-order valence-electron chi connectivity index (χ3n) is 0.781. The topological polar surface area (TPSA) is 93.5 Å². The van der Waals surface area contributed by atoms with Gasteiger partial charge in [0.2, 0.25) is 5.96 Å². The summed E-state index contributed by atoms with van der Waals surface area (Å²) in [6, 6.07) is 0. The molecule has 0 fully saturated rings. The van der Waals surface area contributed by atoms with Crippen LogP contribution in [0.2, 0.25) is 0 Å². The molecule has 0 aliphatic rings. The summed E-state index contributed by atoms with van der Waals surface area (Å²) >= 11 is 0. The number of ketones is 1. The minimum Gasteiger partial charge on any atom is -0.369 e. The van der Waals surface area contributed by atoms with Gasteiger partial charge < -0.3 is 11.5 Å². The predicted molar refractivity (Wildman–Crippen MR) is 43.4 cm³/mol. The molecular formula is C6H12N4O. The van der Waals surface area contributed by atoms with Crippen LogP contribution in [0.5, 0.6) is 0 Å². The van der Waals surface area contributed by atoms with Crippen LogP contribution >= 0.6 is 0 Å². The first-order valence-corrected chi connectivity index (χ1v) is 3.06. The molecule has 0 spiro atoms. The number of allylic oxidation sites excluding steroid dienone is 2. The van der Waals surface area contributed by atoms with E-state index < -0.39 is 0 Å². The Morgan fingerprint density at radius 3 is 2.36 bits per heavy atom. The molecule has 0 saturated carbocycles. The van der Waals surface area contributed by atoms with Crippen LogP contribution in [0.4, 0.5) is 0 Å². The molecule has 0 rings (SSSR count). The zero-order valence-electron chi connectivity index (χ0n) is 6.59. The summed E-state index contributed by atoms with van der Waals surface area (Å²) in [5.74, 6) is -0.123. The number of hydrogen-bond acceptors (Lipinski definition) is 3. The minimum atomic E-state index is -0.0682. The summed E-state index contributed by atoms with van der Waals surface area (Å²) in [7, 11) is 0. The third-order valence-corrected chi connectivity index (χ3v) is 0.781. The number of hydrazone groups is 1. The fraction of sp³-hybridized carbons (Fsp3) is 0.333. The van der Waals surface area contributed by atoms with Gasteiger partial charge in [-0.25, -0.2) is 0 Å². The van der Waals surface area contributed by atoms with Gasteiger partial charge in [0.25, 0.3) is 0 Å². The van der Waals surface area contributed by atoms with Gasteiger partial charge in [-0.1, -0.05) is 0 Å². The maximum absolute atomic E-state index is 10.5. The SMILES string of the molecule is CC(=O)/C=C(/C)NN=C(N)N. The average Bonchev–Trinajstić information content (AvgIpc) is 1.82. The number of nitrogens with one attached hydrogen (secondary N) is 1. The Labute approximate surface area is 65.1 Å². The van der Waals surface area contributed by atoms with Crippen molar-refractivity contribution < 1.29 is 4.79 Å². The van der Waals surface area contributed by atoms with Crippen molar-refractivity contribution >= 4 is 11.7 Å². The van der Waals surface area contributed by atoms with Crippen LogP contribution in [0, 0.1) is 0 Å². The molecule has 0 heterocycles. The second-order valence-corrected chi connectivity index (χ2v) is 2.09. The fourth-order valence-electron chi connectivity index (χ4n) is 0.490. The number of guanidine groups is 1. The molecule has 0 aromatic carbocycles. The van der Waals surface area contributed by atoms with Crippen molar-refractivity contribution in [1.82, 2.24) is 5.43 Å². The van der Waals surface area contributed by atoms with Crippen molar-refractivity contribution in [1.29, 1.82) is 0 Å². The molecule has 0 saturated heterocycles. The predicted octanol–water partition coefficient (Wildman–Crippen LogP) is -0.743. The summed E-state index contributed by atoms with van der Waals surface area (Å²) < 4.78 is 0. The van der Waals surface area contributed by atoms with Crippen LogP contribution in [0.25, 0.3) is 0 Å². The molecule has 0 unspecified atom stereocenters. The van der Waals surface area contributed by atoms with Crippen molar-refractivity contribution in [3.8, 4) is 0 Å². The first kappa shape index (κ1) is 9.48. The van der Waals surface area contributed by atoms with Crippen molar-refractivity contribution in [2.45, 2.75) is 13.8 Å². The lowest BCUT2D eigenvalue weighted by Crippen LogP contribution is -2.25. The van der Waals surface area contributed by atoms with Crippen molar-refractivity contribution in [3.63, 3.8) is 0 Å². The molecule has 62 valence electrons. The number of hydrogen-bond donors (Lipinski definition) is 3. The van der Waals surface area contributed by atoms with E-state index in [0.717, 1.165) is 0 Å².